The maximum absolute atomic E-state index is 12.6. The van der Waals surface area contributed by atoms with Gasteiger partial charge in [-0.15, -0.1) is 0 Å². The van der Waals surface area contributed by atoms with E-state index in [2.05, 4.69) is 31.9 Å². The van der Waals surface area contributed by atoms with Crippen LogP contribution in [0.1, 0.15) is 33.1 Å². The number of primary amides is 1. The average molecular weight is 487 g/mol. The van der Waals surface area contributed by atoms with Gasteiger partial charge in [-0.3, -0.25) is 33.6 Å². The van der Waals surface area contributed by atoms with Crippen molar-refractivity contribution in [3.63, 3.8) is 0 Å². The Morgan fingerprint density at radius 1 is 0.706 bits per heavy atom. The quantitative estimate of drug-likeness (QED) is 0.0980. The number of amides is 7. The fourth-order valence-corrected chi connectivity index (χ4v) is 2.40. The van der Waals surface area contributed by atoms with E-state index in [1.165, 1.54) is 13.8 Å². The monoisotopic (exact) mass is 486 g/mol. The highest BCUT2D eigenvalue weighted by atomic mass is 16.2. The summed E-state index contributed by atoms with van der Waals surface area (Å²) >= 11 is 0. The molecule has 0 bridgehead atoms. The van der Waals surface area contributed by atoms with Crippen LogP contribution in [0.15, 0.2) is 0 Å². The summed E-state index contributed by atoms with van der Waals surface area (Å²) in [5.74, 6) is -4.32. The maximum atomic E-state index is 12.6. The number of rotatable bonds is 16. The molecular formula is C19H34N8O7. The summed E-state index contributed by atoms with van der Waals surface area (Å²) < 4.78 is 0. The molecule has 0 aliphatic carbocycles. The molecule has 0 aromatic carbocycles. The lowest BCUT2D eigenvalue weighted by Crippen LogP contribution is -2.54. The molecule has 15 heteroatoms. The van der Waals surface area contributed by atoms with Crippen molar-refractivity contribution in [3.05, 3.63) is 0 Å². The second kappa shape index (κ2) is 16.8. The highest BCUT2D eigenvalue weighted by Crippen LogP contribution is 2.02. The largest absolute Gasteiger partial charge is 0.368 e. The number of nitrogens with one attached hydrogen (secondary N) is 6. The van der Waals surface area contributed by atoms with Gasteiger partial charge in [-0.2, -0.15) is 0 Å². The first-order chi connectivity index (χ1) is 16.0. The first-order valence-corrected chi connectivity index (χ1v) is 10.6. The molecule has 15 nitrogen and oxygen atoms in total. The third-order valence-corrected chi connectivity index (χ3v) is 4.18. The van der Waals surface area contributed by atoms with E-state index in [-0.39, 0.29) is 19.5 Å². The zero-order valence-electron chi connectivity index (χ0n) is 19.3. The van der Waals surface area contributed by atoms with Gasteiger partial charge in [0.1, 0.15) is 12.1 Å². The molecule has 0 heterocycles. The van der Waals surface area contributed by atoms with E-state index < -0.39 is 66.5 Å². The highest BCUT2D eigenvalue weighted by molar-refractivity contribution is 5.94. The van der Waals surface area contributed by atoms with Gasteiger partial charge in [0, 0.05) is 6.92 Å². The summed E-state index contributed by atoms with van der Waals surface area (Å²) in [6, 6.07) is -2.04. The van der Waals surface area contributed by atoms with Crippen LogP contribution in [0.4, 0.5) is 0 Å². The Kier molecular flexibility index (Phi) is 15.0. The molecule has 0 unspecified atom stereocenters. The molecule has 0 aromatic rings. The minimum atomic E-state index is -1.04. The SMILES string of the molecule is CC(=O)NCC(=O)NCC(=O)N[C@@H](CCCCN)C(=O)N[C@@H](C)C(=O)NCC(=O)NCC(N)=O. The normalized spacial score (nSPS) is 11.9. The van der Waals surface area contributed by atoms with Crippen LogP contribution in [0.25, 0.3) is 0 Å². The van der Waals surface area contributed by atoms with Crippen molar-refractivity contribution in [1.29, 1.82) is 0 Å². The molecule has 0 aliphatic rings. The standard InChI is InChI=1S/C19H34N8O7/c1-11(18(33)25-9-16(31)23-7-14(21)29)26-19(34)13(5-3-4-6-20)27-17(32)10-24-15(30)8-22-12(2)28/h11,13H,3-10,20H2,1-2H3,(H2,21,29)(H,22,28)(H,23,31)(H,24,30)(H,25,33)(H,26,34)(H,27,32)/t11-,13-/m0/s1. The summed E-state index contributed by atoms with van der Waals surface area (Å²) in [6.07, 6.45) is 1.35. The van der Waals surface area contributed by atoms with E-state index in [0.717, 1.165) is 0 Å². The Balaban J connectivity index is 4.73. The van der Waals surface area contributed by atoms with Crippen molar-refractivity contribution >= 4 is 41.4 Å². The molecule has 0 spiro atoms. The minimum Gasteiger partial charge on any atom is -0.368 e. The Morgan fingerprint density at radius 2 is 1.26 bits per heavy atom. The van der Waals surface area contributed by atoms with Crippen molar-refractivity contribution in [2.24, 2.45) is 11.5 Å². The molecule has 0 aliphatic heterocycles. The Labute approximate surface area is 196 Å². The minimum absolute atomic E-state index is 0.235. The highest BCUT2D eigenvalue weighted by Gasteiger charge is 2.24. The second-order valence-corrected chi connectivity index (χ2v) is 7.28. The smallest absolute Gasteiger partial charge is 0.243 e. The van der Waals surface area contributed by atoms with Crippen molar-refractivity contribution < 1.29 is 33.6 Å². The topological polar surface area (TPSA) is 244 Å². The van der Waals surface area contributed by atoms with Gasteiger partial charge < -0.3 is 43.4 Å². The predicted molar refractivity (Wildman–Crippen MR) is 119 cm³/mol. The van der Waals surface area contributed by atoms with Gasteiger partial charge in [0.25, 0.3) is 0 Å². The van der Waals surface area contributed by atoms with E-state index >= 15 is 0 Å². The van der Waals surface area contributed by atoms with Crippen LogP contribution < -0.4 is 43.4 Å². The number of hydrogen-bond donors (Lipinski definition) is 8. The van der Waals surface area contributed by atoms with Gasteiger partial charge in [0.2, 0.25) is 41.4 Å². The van der Waals surface area contributed by atoms with Crippen molar-refractivity contribution in [1.82, 2.24) is 31.9 Å². The van der Waals surface area contributed by atoms with Crippen LogP contribution in [0, 0.1) is 0 Å². The molecule has 0 aromatic heterocycles. The fourth-order valence-electron chi connectivity index (χ4n) is 2.40. The number of unbranched alkanes of at least 4 members (excludes halogenated alkanes) is 1. The number of carbonyl (C=O) groups is 7. The van der Waals surface area contributed by atoms with E-state index in [0.29, 0.717) is 19.4 Å². The van der Waals surface area contributed by atoms with Crippen LogP contribution >= 0.6 is 0 Å². The van der Waals surface area contributed by atoms with E-state index in [4.69, 9.17) is 11.5 Å². The maximum Gasteiger partial charge on any atom is 0.243 e. The first-order valence-electron chi connectivity index (χ1n) is 10.6. The summed E-state index contributed by atoms with van der Waals surface area (Å²) in [5.41, 5.74) is 10.4. The predicted octanol–water partition coefficient (Wildman–Crippen LogP) is -4.93. The number of carbonyl (C=O) groups excluding carboxylic acids is 7. The van der Waals surface area contributed by atoms with Crippen molar-refractivity contribution in [2.75, 3.05) is 32.7 Å². The summed E-state index contributed by atoms with van der Waals surface area (Å²) in [5, 5.41) is 14.0. The van der Waals surface area contributed by atoms with E-state index in [1.807, 2.05) is 0 Å². The molecule has 0 saturated heterocycles. The van der Waals surface area contributed by atoms with Gasteiger partial charge >= 0.3 is 0 Å². The van der Waals surface area contributed by atoms with Crippen LogP contribution in [-0.4, -0.2) is 86.2 Å². The van der Waals surface area contributed by atoms with Gasteiger partial charge in [-0.1, -0.05) is 0 Å². The molecule has 0 radical (unpaired) electrons. The number of hydrogen-bond acceptors (Lipinski definition) is 8. The second-order valence-electron chi connectivity index (χ2n) is 7.28. The lowest BCUT2D eigenvalue weighted by molar-refractivity contribution is -0.132. The molecule has 0 rings (SSSR count). The molecule has 2 atom stereocenters. The van der Waals surface area contributed by atoms with E-state index in [9.17, 15) is 33.6 Å². The molecule has 7 amide bonds. The Bertz CT molecular complexity index is 759. The molecule has 0 saturated carbocycles. The zero-order valence-corrected chi connectivity index (χ0v) is 19.3. The zero-order chi connectivity index (χ0) is 26.1. The summed E-state index contributed by atoms with van der Waals surface area (Å²) in [7, 11) is 0. The van der Waals surface area contributed by atoms with Crippen LogP contribution in [0.3, 0.4) is 0 Å². The Hall–Kier alpha value is -3.75. The van der Waals surface area contributed by atoms with E-state index in [1.54, 1.807) is 0 Å². The van der Waals surface area contributed by atoms with Crippen molar-refractivity contribution in [2.45, 2.75) is 45.2 Å². The summed E-state index contributed by atoms with van der Waals surface area (Å²) in [4.78, 5) is 81.5. The van der Waals surface area contributed by atoms with Crippen LogP contribution in [0.5, 0.6) is 0 Å². The third kappa shape index (κ3) is 15.1. The van der Waals surface area contributed by atoms with Crippen molar-refractivity contribution in [3.8, 4) is 0 Å². The van der Waals surface area contributed by atoms with Crippen LogP contribution in [0.2, 0.25) is 0 Å². The lowest BCUT2D eigenvalue weighted by atomic mass is 10.1. The summed E-state index contributed by atoms with van der Waals surface area (Å²) in [6.45, 7) is 1.49. The first kappa shape index (κ1) is 30.2. The third-order valence-electron chi connectivity index (χ3n) is 4.18. The molecule has 192 valence electrons. The average Bonchev–Trinajstić information content (AvgIpc) is 2.77. The van der Waals surface area contributed by atoms with Gasteiger partial charge in [-0.25, -0.2) is 0 Å². The molecule has 0 fully saturated rings. The van der Waals surface area contributed by atoms with Crippen LogP contribution in [-0.2, 0) is 33.6 Å². The fraction of sp³-hybridized carbons (Fsp3) is 0.632. The molecule has 34 heavy (non-hydrogen) atoms. The molecular weight excluding hydrogens is 452 g/mol. The Morgan fingerprint density at radius 3 is 1.82 bits per heavy atom. The van der Waals surface area contributed by atoms with Gasteiger partial charge in [0.05, 0.1) is 26.2 Å². The van der Waals surface area contributed by atoms with Gasteiger partial charge in [-0.05, 0) is 32.7 Å². The lowest BCUT2D eigenvalue weighted by Gasteiger charge is -2.21. The van der Waals surface area contributed by atoms with Gasteiger partial charge in [0.15, 0.2) is 0 Å². The number of nitrogens with two attached hydrogens (primary N) is 2. The molecule has 10 N–H and O–H groups in total.